The topological polar surface area (TPSA) is 71.3 Å². The number of hydrogen-bond acceptors (Lipinski definition) is 5. The second kappa shape index (κ2) is 6.31. The van der Waals surface area contributed by atoms with Crippen LogP contribution in [0, 0.1) is 0 Å². The molecule has 1 aliphatic rings. The number of hydrogen-bond donors (Lipinski definition) is 1. The molecule has 122 valence electrons. The number of aromatic nitrogens is 2. The highest BCUT2D eigenvalue weighted by Gasteiger charge is 2.26. The van der Waals surface area contributed by atoms with E-state index >= 15 is 0 Å². The molecular formula is C18H18N4O2. The van der Waals surface area contributed by atoms with Gasteiger partial charge in [-0.15, -0.1) is 0 Å². The van der Waals surface area contributed by atoms with Gasteiger partial charge in [0, 0.05) is 19.1 Å². The van der Waals surface area contributed by atoms with Gasteiger partial charge in [-0.25, -0.2) is 4.98 Å². The summed E-state index contributed by atoms with van der Waals surface area (Å²) in [7, 11) is 0. The van der Waals surface area contributed by atoms with Gasteiger partial charge in [0.2, 0.25) is 0 Å². The Labute approximate surface area is 139 Å². The smallest absolute Gasteiger partial charge is 0.289 e. The van der Waals surface area contributed by atoms with E-state index in [1.54, 1.807) is 18.3 Å². The summed E-state index contributed by atoms with van der Waals surface area (Å²) >= 11 is 0. The molecule has 1 amide bonds. The number of carbonyl (C=O) groups is 1. The summed E-state index contributed by atoms with van der Waals surface area (Å²) in [5.74, 6) is 1.07. The molecule has 24 heavy (non-hydrogen) atoms. The number of furan rings is 1. The van der Waals surface area contributed by atoms with Crippen molar-refractivity contribution in [2.45, 2.75) is 18.9 Å². The van der Waals surface area contributed by atoms with Crippen molar-refractivity contribution in [2.75, 3.05) is 18.4 Å². The summed E-state index contributed by atoms with van der Waals surface area (Å²) in [6.45, 7) is 1.38. The first-order valence-electron chi connectivity index (χ1n) is 8.11. The van der Waals surface area contributed by atoms with E-state index in [0.717, 1.165) is 36.2 Å². The molecule has 0 saturated carbocycles. The van der Waals surface area contributed by atoms with Crippen molar-refractivity contribution in [3.05, 3.63) is 54.6 Å². The molecule has 1 aliphatic heterocycles. The third kappa shape index (κ3) is 2.95. The summed E-state index contributed by atoms with van der Waals surface area (Å²) in [5, 5.41) is 3.41. The molecule has 0 bridgehead atoms. The third-order valence-electron chi connectivity index (χ3n) is 4.24. The summed E-state index contributed by atoms with van der Waals surface area (Å²) in [5.41, 5.74) is 1.74. The van der Waals surface area contributed by atoms with Crippen LogP contribution in [0.3, 0.4) is 0 Å². The van der Waals surface area contributed by atoms with Crippen LogP contribution in [0.5, 0.6) is 0 Å². The standard InChI is InChI=1S/C18H18N4O2/c23-18(16-8-4-10-24-16)22-9-3-5-13(12-22)20-17-11-19-14-6-1-2-7-15(14)21-17/h1-2,4,6-8,10-11,13H,3,5,9,12H2,(H,20,21). The van der Waals surface area contributed by atoms with Crippen molar-refractivity contribution in [2.24, 2.45) is 0 Å². The fourth-order valence-corrected chi connectivity index (χ4v) is 3.07. The molecule has 0 spiro atoms. The minimum Gasteiger partial charge on any atom is -0.459 e. The fraction of sp³-hybridized carbons (Fsp3) is 0.278. The van der Waals surface area contributed by atoms with Gasteiger partial charge in [-0.05, 0) is 37.1 Å². The molecule has 0 aliphatic carbocycles. The lowest BCUT2D eigenvalue weighted by Crippen LogP contribution is -2.45. The quantitative estimate of drug-likeness (QED) is 0.803. The molecular weight excluding hydrogens is 304 g/mol. The average molecular weight is 322 g/mol. The molecule has 1 aromatic carbocycles. The first-order valence-corrected chi connectivity index (χ1v) is 8.11. The number of fused-ring (bicyclic) bond motifs is 1. The van der Waals surface area contributed by atoms with Crippen LogP contribution in [-0.2, 0) is 0 Å². The number of amides is 1. The van der Waals surface area contributed by atoms with E-state index in [-0.39, 0.29) is 11.9 Å². The number of carbonyl (C=O) groups excluding carboxylic acids is 1. The van der Waals surface area contributed by atoms with E-state index in [1.807, 2.05) is 29.2 Å². The maximum atomic E-state index is 12.4. The van der Waals surface area contributed by atoms with Gasteiger partial charge >= 0.3 is 0 Å². The van der Waals surface area contributed by atoms with Crippen molar-refractivity contribution in [1.29, 1.82) is 0 Å². The molecule has 1 atom stereocenters. The zero-order chi connectivity index (χ0) is 16.4. The molecule has 1 unspecified atom stereocenters. The number of likely N-dealkylation sites (tertiary alicyclic amines) is 1. The molecule has 1 N–H and O–H groups in total. The van der Waals surface area contributed by atoms with Gasteiger partial charge in [0.05, 0.1) is 23.5 Å². The van der Waals surface area contributed by atoms with Crippen LogP contribution >= 0.6 is 0 Å². The van der Waals surface area contributed by atoms with Gasteiger partial charge in [-0.3, -0.25) is 9.78 Å². The number of rotatable bonds is 3. The van der Waals surface area contributed by atoms with Crippen LogP contribution in [0.1, 0.15) is 23.4 Å². The largest absolute Gasteiger partial charge is 0.459 e. The van der Waals surface area contributed by atoms with E-state index in [2.05, 4.69) is 15.3 Å². The minimum atomic E-state index is -0.0592. The Morgan fingerprint density at radius 2 is 2.08 bits per heavy atom. The summed E-state index contributed by atoms with van der Waals surface area (Å²) in [6.07, 6.45) is 5.22. The first-order chi connectivity index (χ1) is 11.8. The minimum absolute atomic E-state index is 0.0592. The van der Waals surface area contributed by atoms with Crippen molar-refractivity contribution in [3.63, 3.8) is 0 Å². The number of piperidine rings is 1. The summed E-state index contributed by atoms with van der Waals surface area (Å²) < 4.78 is 5.22. The van der Waals surface area contributed by atoms with Gasteiger partial charge in [0.1, 0.15) is 5.82 Å². The van der Waals surface area contributed by atoms with Gasteiger partial charge in [-0.2, -0.15) is 0 Å². The van der Waals surface area contributed by atoms with E-state index in [0.29, 0.717) is 12.3 Å². The maximum absolute atomic E-state index is 12.4. The van der Waals surface area contributed by atoms with E-state index in [9.17, 15) is 4.79 Å². The summed E-state index contributed by atoms with van der Waals surface area (Å²) in [6, 6.07) is 11.4. The van der Waals surface area contributed by atoms with Crippen LogP contribution in [0.25, 0.3) is 11.0 Å². The molecule has 2 aromatic heterocycles. The van der Waals surface area contributed by atoms with Gasteiger partial charge < -0.3 is 14.6 Å². The predicted octanol–water partition coefficient (Wildman–Crippen LogP) is 2.94. The monoisotopic (exact) mass is 322 g/mol. The molecule has 6 heteroatoms. The van der Waals surface area contributed by atoms with Crippen LogP contribution in [0.2, 0.25) is 0 Å². The van der Waals surface area contributed by atoms with Crippen LogP contribution in [0.4, 0.5) is 5.82 Å². The number of anilines is 1. The van der Waals surface area contributed by atoms with Crippen LogP contribution in [-0.4, -0.2) is 39.9 Å². The normalized spacial score (nSPS) is 17.8. The van der Waals surface area contributed by atoms with E-state index in [4.69, 9.17) is 4.42 Å². The van der Waals surface area contributed by atoms with Gasteiger partial charge in [0.25, 0.3) is 5.91 Å². The molecule has 3 aromatic rings. The first kappa shape index (κ1) is 14.7. The van der Waals surface area contributed by atoms with Crippen LogP contribution < -0.4 is 5.32 Å². The molecule has 1 saturated heterocycles. The summed E-state index contributed by atoms with van der Waals surface area (Å²) in [4.78, 5) is 23.3. The molecule has 1 fully saturated rings. The fourth-order valence-electron chi connectivity index (χ4n) is 3.07. The lowest BCUT2D eigenvalue weighted by atomic mass is 10.1. The molecule has 4 rings (SSSR count). The zero-order valence-corrected chi connectivity index (χ0v) is 13.2. The lowest BCUT2D eigenvalue weighted by Gasteiger charge is -2.32. The zero-order valence-electron chi connectivity index (χ0n) is 13.2. The highest BCUT2D eigenvalue weighted by molar-refractivity contribution is 5.91. The van der Waals surface area contributed by atoms with Gasteiger partial charge in [0.15, 0.2) is 5.76 Å². The van der Waals surface area contributed by atoms with E-state index in [1.165, 1.54) is 6.26 Å². The Bertz CT molecular complexity index is 847. The maximum Gasteiger partial charge on any atom is 0.289 e. The Morgan fingerprint density at radius 1 is 1.21 bits per heavy atom. The second-order valence-corrected chi connectivity index (χ2v) is 5.96. The third-order valence-corrected chi connectivity index (χ3v) is 4.24. The molecule has 3 heterocycles. The van der Waals surface area contributed by atoms with Crippen molar-refractivity contribution in [1.82, 2.24) is 14.9 Å². The Hall–Kier alpha value is -2.89. The number of nitrogens with zero attached hydrogens (tertiary/aromatic N) is 3. The Kier molecular flexibility index (Phi) is 3.86. The number of benzene rings is 1. The van der Waals surface area contributed by atoms with Crippen molar-refractivity contribution >= 4 is 22.8 Å². The predicted molar refractivity (Wildman–Crippen MR) is 90.8 cm³/mol. The highest BCUT2D eigenvalue weighted by atomic mass is 16.3. The van der Waals surface area contributed by atoms with Crippen molar-refractivity contribution < 1.29 is 9.21 Å². The van der Waals surface area contributed by atoms with E-state index < -0.39 is 0 Å². The van der Waals surface area contributed by atoms with Crippen molar-refractivity contribution in [3.8, 4) is 0 Å². The molecule has 0 radical (unpaired) electrons. The Morgan fingerprint density at radius 3 is 2.92 bits per heavy atom. The molecule has 6 nitrogen and oxygen atoms in total. The lowest BCUT2D eigenvalue weighted by molar-refractivity contribution is 0.0682. The average Bonchev–Trinajstić information content (AvgIpc) is 3.16. The number of para-hydroxylation sites is 2. The number of nitrogens with one attached hydrogen (secondary N) is 1. The Balaban J connectivity index is 1.46. The van der Waals surface area contributed by atoms with Crippen LogP contribution in [0.15, 0.2) is 53.3 Å². The second-order valence-electron chi connectivity index (χ2n) is 5.96. The SMILES string of the molecule is O=C(c1ccco1)N1CCCC(Nc2cnc3ccccc3n2)C1. The van der Waals surface area contributed by atoms with Gasteiger partial charge in [-0.1, -0.05) is 12.1 Å². The highest BCUT2D eigenvalue weighted by Crippen LogP contribution is 2.18.